The van der Waals surface area contributed by atoms with E-state index in [9.17, 15) is 4.79 Å². The zero-order chi connectivity index (χ0) is 16.9. The standard InChI is InChI=1S/C17H14BrN3O2S/c1-23-16(22)12-8-6-11(7-9-12)10-24-17-19-15(20-21-17)13-4-2-3-5-14(13)18/h2-9H,10H2,1H3,(H,19,20,21). The molecule has 1 N–H and O–H groups in total. The van der Waals surface area contributed by atoms with E-state index in [1.807, 2.05) is 36.4 Å². The Kier molecular flexibility index (Phi) is 5.32. The van der Waals surface area contributed by atoms with Crippen LogP contribution < -0.4 is 0 Å². The van der Waals surface area contributed by atoms with E-state index in [4.69, 9.17) is 0 Å². The highest BCUT2D eigenvalue weighted by Crippen LogP contribution is 2.27. The van der Waals surface area contributed by atoms with Gasteiger partial charge >= 0.3 is 5.97 Å². The summed E-state index contributed by atoms with van der Waals surface area (Å²) in [5, 5.41) is 7.88. The average Bonchev–Trinajstić information content (AvgIpc) is 3.09. The van der Waals surface area contributed by atoms with Gasteiger partial charge in [0, 0.05) is 15.8 Å². The topological polar surface area (TPSA) is 67.9 Å². The Balaban J connectivity index is 1.65. The molecule has 3 rings (SSSR count). The lowest BCUT2D eigenvalue weighted by Crippen LogP contribution is -2.00. The van der Waals surface area contributed by atoms with E-state index in [0.29, 0.717) is 16.5 Å². The van der Waals surface area contributed by atoms with E-state index in [1.165, 1.54) is 18.9 Å². The zero-order valence-corrected chi connectivity index (χ0v) is 15.2. The molecular formula is C17H14BrN3O2S. The number of H-pyrrole nitrogens is 1. The first-order chi connectivity index (χ1) is 11.7. The number of ether oxygens (including phenoxy) is 1. The van der Waals surface area contributed by atoms with E-state index in [1.54, 1.807) is 12.1 Å². The SMILES string of the molecule is COC(=O)c1ccc(CSc2n[nH]c(-c3ccccc3Br)n2)cc1. The number of benzene rings is 2. The summed E-state index contributed by atoms with van der Waals surface area (Å²) in [4.78, 5) is 15.9. The Morgan fingerprint density at radius 2 is 1.96 bits per heavy atom. The van der Waals surface area contributed by atoms with Crippen molar-refractivity contribution < 1.29 is 9.53 Å². The number of halogens is 1. The smallest absolute Gasteiger partial charge is 0.337 e. The van der Waals surface area contributed by atoms with Crippen molar-refractivity contribution in [1.29, 1.82) is 0 Å². The number of hydrogen-bond acceptors (Lipinski definition) is 5. The third-order valence-electron chi connectivity index (χ3n) is 3.34. The van der Waals surface area contributed by atoms with Crippen LogP contribution >= 0.6 is 27.7 Å². The monoisotopic (exact) mass is 403 g/mol. The fourth-order valence-corrected chi connectivity index (χ4v) is 3.31. The van der Waals surface area contributed by atoms with Crippen LogP contribution in [0.2, 0.25) is 0 Å². The van der Waals surface area contributed by atoms with Crippen LogP contribution in [-0.2, 0) is 10.5 Å². The molecule has 0 atom stereocenters. The second-order valence-electron chi connectivity index (χ2n) is 4.92. The predicted molar refractivity (Wildman–Crippen MR) is 96.9 cm³/mol. The number of carbonyl (C=O) groups excluding carboxylic acids is 1. The highest BCUT2D eigenvalue weighted by Gasteiger charge is 2.09. The largest absolute Gasteiger partial charge is 0.465 e. The van der Waals surface area contributed by atoms with Crippen LogP contribution in [0.3, 0.4) is 0 Å². The molecule has 1 aromatic heterocycles. The summed E-state index contributed by atoms with van der Waals surface area (Å²) in [5.41, 5.74) is 2.60. The molecule has 0 aliphatic rings. The molecule has 0 spiro atoms. The van der Waals surface area contributed by atoms with Crippen molar-refractivity contribution in [1.82, 2.24) is 15.2 Å². The second-order valence-corrected chi connectivity index (χ2v) is 6.72. The van der Waals surface area contributed by atoms with Gasteiger partial charge in [0.25, 0.3) is 0 Å². The molecule has 0 amide bonds. The van der Waals surface area contributed by atoms with Gasteiger partial charge in [-0.15, -0.1) is 5.10 Å². The van der Waals surface area contributed by atoms with Gasteiger partial charge in [-0.3, -0.25) is 5.10 Å². The first-order valence-electron chi connectivity index (χ1n) is 7.14. The zero-order valence-electron chi connectivity index (χ0n) is 12.8. The fourth-order valence-electron chi connectivity index (χ4n) is 2.09. The van der Waals surface area contributed by atoms with Gasteiger partial charge in [-0.05, 0) is 23.8 Å². The highest BCUT2D eigenvalue weighted by molar-refractivity contribution is 9.10. The van der Waals surface area contributed by atoms with E-state index in [-0.39, 0.29) is 5.97 Å². The summed E-state index contributed by atoms with van der Waals surface area (Å²) in [6.07, 6.45) is 0. The maximum absolute atomic E-state index is 11.4. The number of esters is 1. The molecular weight excluding hydrogens is 390 g/mol. The molecule has 1 heterocycles. The second kappa shape index (κ2) is 7.63. The lowest BCUT2D eigenvalue weighted by molar-refractivity contribution is 0.0600. The number of rotatable bonds is 5. The Morgan fingerprint density at radius 3 is 2.67 bits per heavy atom. The average molecular weight is 404 g/mol. The summed E-state index contributed by atoms with van der Waals surface area (Å²) >= 11 is 5.04. The number of aromatic nitrogens is 3. The van der Waals surface area contributed by atoms with Crippen molar-refractivity contribution in [2.24, 2.45) is 0 Å². The van der Waals surface area contributed by atoms with Gasteiger partial charge in [-0.1, -0.05) is 58.0 Å². The van der Waals surface area contributed by atoms with E-state index in [0.717, 1.165) is 21.4 Å². The highest BCUT2D eigenvalue weighted by atomic mass is 79.9. The first-order valence-corrected chi connectivity index (χ1v) is 8.92. The van der Waals surface area contributed by atoms with Crippen molar-refractivity contribution >= 4 is 33.7 Å². The Morgan fingerprint density at radius 1 is 1.21 bits per heavy atom. The summed E-state index contributed by atoms with van der Waals surface area (Å²) in [5.74, 6) is 1.11. The van der Waals surface area contributed by atoms with E-state index >= 15 is 0 Å². The van der Waals surface area contributed by atoms with Gasteiger partial charge in [0.05, 0.1) is 12.7 Å². The number of nitrogens with zero attached hydrogens (tertiary/aromatic N) is 2. The van der Waals surface area contributed by atoms with E-state index < -0.39 is 0 Å². The van der Waals surface area contributed by atoms with Crippen molar-refractivity contribution in [2.45, 2.75) is 10.9 Å². The Labute approximate surface area is 152 Å². The molecule has 0 unspecified atom stereocenters. The minimum Gasteiger partial charge on any atom is -0.465 e. The minimum absolute atomic E-state index is 0.332. The number of methoxy groups -OCH3 is 1. The third-order valence-corrected chi connectivity index (χ3v) is 4.95. The van der Waals surface area contributed by atoms with Crippen LogP contribution in [0.4, 0.5) is 0 Å². The number of nitrogens with one attached hydrogen (secondary N) is 1. The number of hydrogen-bond donors (Lipinski definition) is 1. The number of thioether (sulfide) groups is 1. The van der Waals surface area contributed by atoms with Gasteiger partial charge < -0.3 is 4.74 Å². The molecule has 5 nitrogen and oxygen atoms in total. The van der Waals surface area contributed by atoms with Crippen LogP contribution in [0.5, 0.6) is 0 Å². The molecule has 3 aromatic rings. The summed E-state index contributed by atoms with van der Waals surface area (Å²) in [6, 6.07) is 15.2. The normalized spacial score (nSPS) is 10.6. The van der Waals surface area contributed by atoms with Crippen molar-refractivity contribution in [3.8, 4) is 11.4 Å². The van der Waals surface area contributed by atoms with Gasteiger partial charge in [0.2, 0.25) is 5.16 Å². The maximum atomic E-state index is 11.4. The number of carbonyl (C=O) groups is 1. The summed E-state index contributed by atoms with van der Waals surface area (Å²) in [7, 11) is 1.37. The van der Waals surface area contributed by atoms with Crippen LogP contribution in [0.25, 0.3) is 11.4 Å². The van der Waals surface area contributed by atoms with Crippen LogP contribution in [-0.4, -0.2) is 28.3 Å². The Hall–Kier alpha value is -2.12. The molecule has 122 valence electrons. The fraction of sp³-hybridized carbons (Fsp3) is 0.118. The quantitative estimate of drug-likeness (QED) is 0.507. The lowest BCUT2D eigenvalue weighted by atomic mass is 10.1. The maximum Gasteiger partial charge on any atom is 0.337 e. The number of aromatic amines is 1. The molecule has 0 saturated heterocycles. The van der Waals surface area contributed by atoms with Crippen molar-refractivity contribution in [3.05, 3.63) is 64.1 Å². The molecule has 0 radical (unpaired) electrons. The Bertz CT molecular complexity index is 849. The molecule has 0 aliphatic heterocycles. The lowest BCUT2D eigenvalue weighted by Gasteiger charge is -2.01. The minimum atomic E-state index is -0.332. The molecule has 24 heavy (non-hydrogen) atoms. The molecule has 0 fully saturated rings. The molecule has 2 aromatic carbocycles. The molecule has 0 saturated carbocycles. The van der Waals surface area contributed by atoms with Gasteiger partial charge in [-0.2, -0.15) is 0 Å². The van der Waals surface area contributed by atoms with Crippen LogP contribution in [0.15, 0.2) is 58.2 Å². The predicted octanol–water partition coefficient (Wildman–Crippen LogP) is 4.31. The molecule has 0 aliphatic carbocycles. The van der Waals surface area contributed by atoms with Crippen molar-refractivity contribution in [2.75, 3.05) is 7.11 Å². The third kappa shape index (κ3) is 3.85. The van der Waals surface area contributed by atoms with Crippen LogP contribution in [0, 0.1) is 0 Å². The van der Waals surface area contributed by atoms with Gasteiger partial charge in [0.1, 0.15) is 0 Å². The van der Waals surface area contributed by atoms with Gasteiger partial charge in [-0.25, -0.2) is 9.78 Å². The summed E-state index contributed by atoms with van der Waals surface area (Å²) in [6.45, 7) is 0. The van der Waals surface area contributed by atoms with E-state index in [2.05, 4.69) is 35.8 Å². The van der Waals surface area contributed by atoms with Crippen molar-refractivity contribution in [3.63, 3.8) is 0 Å². The molecule has 7 heteroatoms. The van der Waals surface area contributed by atoms with Gasteiger partial charge in [0.15, 0.2) is 5.82 Å². The van der Waals surface area contributed by atoms with Crippen LogP contribution in [0.1, 0.15) is 15.9 Å². The summed E-state index contributed by atoms with van der Waals surface area (Å²) < 4.78 is 5.66. The first kappa shape index (κ1) is 16.7. The molecule has 0 bridgehead atoms.